The van der Waals surface area contributed by atoms with Crippen LogP contribution in [0.1, 0.15) is 56.7 Å². The molecular formula is C12H19N3O2. The molecular weight excluding hydrogens is 218 g/mol. The van der Waals surface area contributed by atoms with E-state index in [2.05, 4.69) is 17.1 Å². The third-order valence-electron chi connectivity index (χ3n) is 4.08. The first-order chi connectivity index (χ1) is 8.19. The van der Waals surface area contributed by atoms with Gasteiger partial charge in [0.05, 0.1) is 17.6 Å². The fourth-order valence-corrected chi connectivity index (χ4v) is 2.87. The Bertz CT molecular complexity index is 398. The van der Waals surface area contributed by atoms with Crippen molar-refractivity contribution >= 4 is 0 Å². The molecule has 0 amide bonds. The van der Waals surface area contributed by atoms with Gasteiger partial charge in [-0.15, -0.1) is 0 Å². The van der Waals surface area contributed by atoms with E-state index in [1.165, 1.54) is 0 Å². The molecule has 5 heteroatoms. The van der Waals surface area contributed by atoms with Gasteiger partial charge in [-0.3, -0.25) is 0 Å². The van der Waals surface area contributed by atoms with Gasteiger partial charge in [-0.25, -0.2) is 0 Å². The molecule has 2 N–H and O–H groups in total. The quantitative estimate of drug-likeness (QED) is 0.847. The summed E-state index contributed by atoms with van der Waals surface area (Å²) in [6.07, 6.45) is 5.36. The Kier molecular flexibility index (Phi) is 2.67. The van der Waals surface area contributed by atoms with Crippen molar-refractivity contribution in [3.63, 3.8) is 0 Å². The molecule has 2 heterocycles. The molecule has 1 aromatic rings. The number of nitrogens with two attached hydrogens (primary N) is 1. The van der Waals surface area contributed by atoms with Crippen LogP contribution in [0.3, 0.4) is 0 Å². The number of aromatic nitrogens is 2. The molecule has 2 fully saturated rings. The Hall–Kier alpha value is -0.940. The van der Waals surface area contributed by atoms with Crippen LogP contribution in [0.4, 0.5) is 0 Å². The topological polar surface area (TPSA) is 74.2 Å². The summed E-state index contributed by atoms with van der Waals surface area (Å²) in [6, 6.07) is 0. The van der Waals surface area contributed by atoms with E-state index in [0.29, 0.717) is 11.7 Å². The highest BCUT2D eigenvalue weighted by molar-refractivity contribution is 5.09. The van der Waals surface area contributed by atoms with Crippen molar-refractivity contribution in [3.05, 3.63) is 11.7 Å². The molecule has 0 radical (unpaired) electrons. The molecule has 2 aliphatic rings. The van der Waals surface area contributed by atoms with E-state index in [4.69, 9.17) is 15.0 Å². The van der Waals surface area contributed by atoms with Gasteiger partial charge in [-0.05, 0) is 26.2 Å². The first-order valence-corrected chi connectivity index (χ1v) is 6.44. The average molecular weight is 237 g/mol. The van der Waals surface area contributed by atoms with Gasteiger partial charge in [0.15, 0.2) is 5.82 Å². The van der Waals surface area contributed by atoms with Crippen molar-refractivity contribution in [2.24, 2.45) is 5.73 Å². The van der Waals surface area contributed by atoms with E-state index in [-0.39, 0.29) is 17.6 Å². The summed E-state index contributed by atoms with van der Waals surface area (Å²) in [5.74, 6) is 1.62. The summed E-state index contributed by atoms with van der Waals surface area (Å²) >= 11 is 0. The summed E-state index contributed by atoms with van der Waals surface area (Å²) < 4.78 is 10.9. The van der Waals surface area contributed by atoms with Gasteiger partial charge >= 0.3 is 0 Å². The third kappa shape index (κ3) is 1.87. The summed E-state index contributed by atoms with van der Waals surface area (Å²) in [5.41, 5.74) is 5.95. The molecule has 1 saturated heterocycles. The van der Waals surface area contributed by atoms with Gasteiger partial charge in [-0.2, -0.15) is 4.98 Å². The van der Waals surface area contributed by atoms with E-state index in [0.717, 1.165) is 38.7 Å². The van der Waals surface area contributed by atoms with Crippen molar-refractivity contribution < 1.29 is 9.26 Å². The van der Waals surface area contributed by atoms with Crippen LogP contribution < -0.4 is 5.73 Å². The van der Waals surface area contributed by atoms with E-state index in [1.54, 1.807) is 0 Å². The first-order valence-electron chi connectivity index (χ1n) is 6.44. The summed E-state index contributed by atoms with van der Waals surface area (Å²) in [7, 11) is 0. The highest BCUT2D eigenvalue weighted by Gasteiger charge is 2.38. The van der Waals surface area contributed by atoms with Crippen molar-refractivity contribution in [1.29, 1.82) is 0 Å². The Balaban J connectivity index is 1.82. The molecule has 5 nitrogen and oxygen atoms in total. The maximum atomic E-state index is 6.31. The lowest BCUT2D eigenvalue weighted by Gasteiger charge is -2.17. The second-order valence-electron chi connectivity index (χ2n) is 5.29. The molecule has 0 bridgehead atoms. The third-order valence-corrected chi connectivity index (χ3v) is 4.08. The lowest BCUT2D eigenvalue weighted by Crippen LogP contribution is -2.34. The summed E-state index contributed by atoms with van der Waals surface area (Å²) in [4.78, 5) is 4.51. The zero-order valence-electron chi connectivity index (χ0n) is 10.2. The van der Waals surface area contributed by atoms with Crippen LogP contribution in [-0.2, 0) is 10.3 Å². The normalized spacial score (nSPS) is 32.1. The molecule has 0 aromatic carbocycles. The number of rotatable bonds is 2. The second kappa shape index (κ2) is 4.07. The largest absolute Gasteiger partial charge is 0.378 e. The molecule has 1 aliphatic heterocycles. The SMILES string of the molecule is CC1OCCC1c1nc(C2(N)CCCC2)no1. The van der Waals surface area contributed by atoms with Crippen molar-refractivity contribution in [3.8, 4) is 0 Å². The fourth-order valence-electron chi connectivity index (χ4n) is 2.87. The summed E-state index contributed by atoms with van der Waals surface area (Å²) in [5, 5.41) is 4.08. The lowest BCUT2D eigenvalue weighted by atomic mass is 9.98. The maximum Gasteiger partial charge on any atom is 0.232 e. The van der Waals surface area contributed by atoms with E-state index >= 15 is 0 Å². The van der Waals surface area contributed by atoms with Gasteiger partial charge in [0.2, 0.25) is 5.89 Å². The predicted octanol–water partition coefficient (Wildman–Crippen LogP) is 1.69. The zero-order chi connectivity index (χ0) is 11.9. The lowest BCUT2D eigenvalue weighted by molar-refractivity contribution is 0.113. The molecule has 2 unspecified atom stereocenters. The first kappa shape index (κ1) is 11.2. The van der Waals surface area contributed by atoms with E-state index < -0.39 is 0 Å². The fraction of sp³-hybridized carbons (Fsp3) is 0.833. The number of hydrogen-bond donors (Lipinski definition) is 1. The molecule has 0 spiro atoms. The van der Waals surface area contributed by atoms with Crippen molar-refractivity contribution in [2.75, 3.05) is 6.61 Å². The van der Waals surface area contributed by atoms with Crippen LogP contribution in [0.5, 0.6) is 0 Å². The van der Waals surface area contributed by atoms with Crippen molar-refractivity contribution in [1.82, 2.24) is 10.1 Å². The van der Waals surface area contributed by atoms with E-state index in [1.807, 2.05) is 0 Å². The minimum absolute atomic E-state index is 0.167. The van der Waals surface area contributed by atoms with Gasteiger partial charge in [0.1, 0.15) is 0 Å². The second-order valence-corrected chi connectivity index (χ2v) is 5.29. The summed E-state index contributed by atoms with van der Waals surface area (Å²) in [6.45, 7) is 2.83. The van der Waals surface area contributed by atoms with Crippen LogP contribution >= 0.6 is 0 Å². The molecule has 1 aromatic heterocycles. The zero-order valence-corrected chi connectivity index (χ0v) is 10.2. The van der Waals surface area contributed by atoms with Crippen LogP contribution in [0.15, 0.2) is 4.52 Å². The van der Waals surface area contributed by atoms with Gasteiger partial charge in [0.25, 0.3) is 0 Å². The average Bonchev–Trinajstić information content (AvgIpc) is 2.97. The molecule has 2 atom stereocenters. The molecule has 3 rings (SSSR count). The van der Waals surface area contributed by atoms with Gasteiger partial charge in [0, 0.05) is 6.61 Å². The standard InChI is InChI=1S/C12H19N3O2/c1-8-9(4-7-16-8)10-14-11(15-17-10)12(13)5-2-3-6-12/h8-9H,2-7,13H2,1H3. The van der Waals surface area contributed by atoms with Gasteiger partial charge < -0.3 is 15.0 Å². The Labute approximate surface area is 101 Å². The van der Waals surface area contributed by atoms with Crippen LogP contribution in [0.2, 0.25) is 0 Å². The van der Waals surface area contributed by atoms with Crippen LogP contribution in [-0.4, -0.2) is 22.9 Å². The maximum absolute atomic E-state index is 6.31. The monoisotopic (exact) mass is 237 g/mol. The van der Waals surface area contributed by atoms with E-state index in [9.17, 15) is 0 Å². The molecule has 94 valence electrons. The Morgan fingerprint density at radius 1 is 1.35 bits per heavy atom. The number of nitrogens with zero attached hydrogens (tertiary/aromatic N) is 2. The number of ether oxygens (including phenoxy) is 1. The predicted molar refractivity (Wildman–Crippen MR) is 61.4 cm³/mol. The molecule has 1 aliphatic carbocycles. The Morgan fingerprint density at radius 2 is 2.12 bits per heavy atom. The smallest absolute Gasteiger partial charge is 0.232 e. The molecule has 17 heavy (non-hydrogen) atoms. The highest BCUT2D eigenvalue weighted by atomic mass is 16.5. The molecule has 1 saturated carbocycles. The highest BCUT2D eigenvalue weighted by Crippen LogP contribution is 2.36. The number of hydrogen-bond acceptors (Lipinski definition) is 5. The van der Waals surface area contributed by atoms with Crippen molar-refractivity contribution in [2.45, 2.75) is 56.6 Å². The van der Waals surface area contributed by atoms with Gasteiger partial charge in [-0.1, -0.05) is 18.0 Å². The minimum Gasteiger partial charge on any atom is -0.378 e. The van der Waals surface area contributed by atoms with Crippen LogP contribution in [0.25, 0.3) is 0 Å². The Morgan fingerprint density at radius 3 is 2.76 bits per heavy atom. The van der Waals surface area contributed by atoms with Crippen LogP contribution in [0, 0.1) is 0 Å². The minimum atomic E-state index is -0.357.